The van der Waals surface area contributed by atoms with Gasteiger partial charge in [0, 0.05) is 5.57 Å². The average molecular weight is 368 g/mol. The van der Waals surface area contributed by atoms with E-state index in [1.54, 1.807) is 0 Å². The van der Waals surface area contributed by atoms with Crippen LogP contribution in [0.1, 0.15) is 53.9 Å². The molecule has 2 heteroatoms. The van der Waals surface area contributed by atoms with E-state index in [2.05, 4.69) is 45.0 Å². The lowest BCUT2D eigenvalue weighted by Gasteiger charge is -2.28. The maximum absolute atomic E-state index is 13.3. The molecule has 2 nitrogen and oxygen atoms in total. The molecule has 0 aromatic heterocycles. The van der Waals surface area contributed by atoms with Gasteiger partial charge in [0.25, 0.3) is 0 Å². The van der Waals surface area contributed by atoms with Crippen molar-refractivity contribution in [3.63, 3.8) is 0 Å². The van der Waals surface area contributed by atoms with E-state index < -0.39 is 6.10 Å². The molecule has 28 heavy (non-hydrogen) atoms. The van der Waals surface area contributed by atoms with Crippen LogP contribution in [-0.2, 0) is 5.41 Å². The number of ketones is 1. The van der Waals surface area contributed by atoms with Crippen molar-refractivity contribution >= 4 is 11.9 Å². The summed E-state index contributed by atoms with van der Waals surface area (Å²) in [5.74, 6) is 0.664. The molecule has 0 saturated carbocycles. The minimum Gasteiger partial charge on any atom is -0.480 e. The Labute approximate surface area is 166 Å². The Bertz CT molecular complexity index is 1020. The smallest absolute Gasteiger partial charge is 0.196 e. The first-order valence-electron chi connectivity index (χ1n) is 9.61. The predicted octanol–water partition coefficient (Wildman–Crippen LogP) is 6.38. The number of fused-ring (bicyclic) bond motifs is 1. The number of para-hydroxylation sites is 1. The summed E-state index contributed by atoms with van der Waals surface area (Å²) in [6.07, 6.45) is 1.55. The fourth-order valence-electron chi connectivity index (χ4n) is 3.50. The minimum atomic E-state index is -0.411. The molecule has 0 spiro atoms. The highest BCUT2D eigenvalue weighted by Crippen LogP contribution is 2.39. The molecular formula is C26H24O2. The zero-order valence-electron chi connectivity index (χ0n) is 16.5. The molecule has 3 aromatic rings. The zero-order valence-corrected chi connectivity index (χ0v) is 16.5. The molecule has 0 N–H and O–H groups in total. The fourth-order valence-corrected chi connectivity index (χ4v) is 3.50. The fraction of sp³-hybridized carbons (Fsp3) is 0.192. The van der Waals surface area contributed by atoms with E-state index in [0.717, 1.165) is 11.1 Å². The molecule has 0 amide bonds. The molecular weight excluding hydrogens is 344 g/mol. The van der Waals surface area contributed by atoms with Gasteiger partial charge in [-0.2, -0.15) is 0 Å². The second-order valence-corrected chi connectivity index (χ2v) is 8.21. The van der Waals surface area contributed by atoms with Crippen LogP contribution in [-0.4, -0.2) is 5.78 Å². The van der Waals surface area contributed by atoms with Gasteiger partial charge < -0.3 is 4.74 Å². The van der Waals surface area contributed by atoms with E-state index in [-0.39, 0.29) is 11.2 Å². The normalized spacial score (nSPS) is 17.9. The van der Waals surface area contributed by atoms with E-state index >= 15 is 0 Å². The Kier molecular flexibility index (Phi) is 4.64. The largest absolute Gasteiger partial charge is 0.480 e. The highest BCUT2D eigenvalue weighted by molar-refractivity contribution is 6.14. The van der Waals surface area contributed by atoms with E-state index in [0.29, 0.717) is 16.9 Å². The van der Waals surface area contributed by atoms with Gasteiger partial charge in [-0.25, -0.2) is 0 Å². The van der Waals surface area contributed by atoms with Crippen LogP contribution >= 0.6 is 0 Å². The van der Waals surface area contributed by atoms with Gasteiger partial charge in [-0.05, 0) is 40.3 Å². The lowest BCUT2D eigenvalue weighted by molar-refractivity contribution is 0.0963. The van der Waals surface area contributed by atoms with Crippen molar-refractivity contribution in [3.05, 3.63) is 107 Å². The number of hydrogen-bond acceptors (Lipinski definition) is 2. The van der Waals surface area contributed by atoms with Crippen LogP contribution < -0.4 is 4.74 Å². The van der Waals surface area contributed by atoms with Gasteiger partial charge in [-0.1, -0.05) is 87.5 Å². The van der Waals surface area contributed by atoms with Crippen LogP contribution in [0, 0.1) is 0 Å². The maximum Gasteiger partial charge on any atom is 0.196 e. The second kappa shape index (κ2) is 7.12. The van der Waals surface area contributed by atoms with Crippen LogP contribution in [0.5, 0.6) is 5.75 Å². The van der Waals surface area contributed by atoms with Crippen molar-refractivity contribution in [2.75, 3.05) is 0 Å². The van der Waals surface area contributed by atoms with Gasteiger partial charge in [0.2, 0.25) is 0 Å². The van der Waals surface area contributed by atoms with Crippen molar-refractivity contribution < 1.29 is 9.53 Å². The topological polar surface area (TPSA) is 26.3 Å². The third kappa shape index (κ3) is 3.50. The van der Waals surface area contributed by atoms with Crippen LogP contribution in [0.4, 0.5) is 0 Å². The molecule has 0 unspecified atom stereocenters. The van der Waals surface area contributed by atoms with Crippen LogP contribution in [0.25, 0.3) is 6.08 Å². The summed E-state index contributed by atoms with van der Waals surface area (Å²) in [7, 11) is 0. The molecule has 0 aliphatic carbocycles. The number of Topliss-reactive ketones (excluding diaryl/α,β-unsaturated/α-hetero) is 1. The Morgan fingerprint density at radius 3 is 2.14 bits per heavy atom. The van der Waals surface area contributed by atoms with E-state index in [9.17, 15) is 4.79 Å². The molecule has 1 atom stereocenters. The molecule has 3 aromatic carbocycles. The molecule has 1 aliphatic rings. The Hall–Kier alpha value is -3.13. The van der Waals surface area contributed by atoms with Gasteiger partial charge in [0.05, 0.1) is 5.56 Å². The Morgan fingerprint density at radius 1 is 0.821 bits per heavy atom. The Morgan fingerprint density at radius 2 is 1.46 bits per heavy atom. The molecule has 1 aliphatic heterocycles. The van der Waals surface area contributed by atoms with Gasteiger partial charge in [0.1, 0.15) is 5.75 Å². The van der Waals surface area contributed by atoms with Crippen molar-refractivity contribution in [1.29, 1.82) is 0 Å². The van der Waals surface area contributed by atoms with Crippen molar-refractivity contribution in [2.24, 2.45) is 0 Å². The first-order valence-corrected chi connectivity index (χ1v) is 9.61. The van der Waals surface area contributed by atoms with Crippen LogP contribution in [0.15, 0.2) is 84.4 Å². The van der Waals surface area contributed by atoms with Crippen LogP contribution in [0.3, 0.4) is 0 Å². The highest BCUT2D eigenvalue weighted by Gasteiger charge is 2.32. The number of benzene rings is 3. The summed E-state index contributed by atoms with van der Waals surface area (Å²) < 4.78 is 6.26. The summed E-state index contributed by atoms with van der Waals surface area (Å²) in [5.41, 5.74) is 4.62. The summed E-state index contributed by atoms with van der Waals surface area (Å²) >= 11 is 0. The quantitative estimate of drug-likeness (QED) is 0.490. The molecule has 1 heterocycles. The van der Waals surface area contributed by atoms with Gasteiger partial charge >= 0.3 is 0 Å². The van der Waals surface area contributed by atoms with Crippen LogP contribution in [0.2, 0.25) is 0 Å². The van der Waals surface area contributed by atoms with Crippen molar-refractivity contribution in [2.45, 2.75) is 32.3 Å². The molecule has 0 fully saturated rings. The summed E-state index contributed by atoms with van der Waals surface area (Å²) in [4.78, 5) is 13.3. The lowest BCUT2D eigenvalue weighted by atomic mass is 9.86. The first kappa shape index (κ1) is 18.2. The summed E-state index contributed by atoms with van der Waals surface area (Å²) in [6.45, 7) is 6.59. The lowest BCUT2D eigenvalue weighted by Crippen LogP contribution is -2.23. The molecule has 140 valence electrons. The number of carbonyl (C=O) groups is 1. The number of carbonyl (C=O) groups excluding carboxylic acids is 1. The van der Waals surface area contributed by atoms with E-state index in [1.165, 1.54) is 5.56 Å². The molecule has 0 saturated heterocycles. The Balaban J connectivity index is 1.79. The number of hydrogen-bond donors (Lipinski definition) is 0. The van der Waals surface area contributed by atoms with Gasteiger partial charge in [0.15, 0.2) is 11.9 Å². The van der Waals surface area contributed by atoms with Gasteiger partial charge in [-0.15, -0.1) is 0 Å². The first-order chi connectivity index (χ1) is 13.4. The van der Waals surface area contributed by atoms with Crippen molar-refractivity contribution in [1.82, 2.24) is 0 Å². The van der Waals surface area contributed by atoms with Gasteiger partial charge in [-0.3, -0.25) is 4.79 Å². The minimum absolute atomic E-state index is 0.0237. The summed E-state index contributed by atoms with van der Waals surface area (Å²) in [6, 6.07) is 25.8. The van der Waals surface area contributed by atoms with Crippen molar-refractivity contribution in [3.8, 4) is 5.75 Å². The maximum atomic E-state index is 13.3. The summed E-state index contributed by atoms with van der Waals surface area (Å²) in [5, 5.41) is 0. The van der Waals surface area contributed by atoms with E-state index in [4.69, 9.17) is 4.74 Å². The third-order valence-corrected chi connectivity index (χ3v) is 5.12. The second-order valence-electron chi connectivity index (χ2n) is 8.21. The third-order valence-electron chi connectivity index (χ3n) is 5.12. The average Bonchev–Trinajstić information content (AvgIpc) is 2.70. The SMILES string of the molecule is CC(C)(C)c1ccc(/C=C2/C(=O)c3ccccc3O[C@@H]2c2ccccc2)cc1. The molecule has 0 bridgehead atoms. The highest BCUT2D eigenvalue weighted by atomic mass is 16.5. The monoisotopic (exact) mass is 368 g/mol. The number of rotatable bonds is 2. The van der Waals surface area contributed by atoms with E-state index in [1.807, 2.05) is 60.7 Å². The zero-order chi connectivity index (χ0) is 19.7. The molecule has 4 rings (SSSR count). The standard InChI is InChI=1S/C26H24O2/c1-26(2,3)20-15-13-18(14-16-20)17-22-24(27)21-11-7-8-12-23(21)28-25(22)19-9-5-4-6-10-19/h4-17,25H,1-3H3/b22-17-/t25-/m1/s1. The number of ether oxygens (including phenoxy) is 1. The predicted molar refractivity (Wildman–Crippen MR) is 114 cm³/mol. The molecule has 0 radical (unpaired) electrons.